The molecule has 2 aliphatic rings. The molecule has 8 nitrogen and oxygen atoms in total. The maximum atomic E-state index is 13.3. The van der Waals surface area contributed by atoms with Crippen molar-refractivity contribution >= 4 is 17.4 Å². The van der Waals surface area contributed by atoms with E-state index in [0.717, 1.165) is 38.5 Å². The Labute approximate surface area is 190 Å². The van der Waals surface area contributed by atoms with Crippen LogP contribution in [0.5, 0.6) is 5.88 Å². The summed E-state index contributed by atoms with van der Waals surface area (Å²) in [4.78, 5) is 19.5. The van der Waals surface area contributed by atoms with Crippen molar-refractivity contribution in [3.8, 4) is 5.88 Å². The Morgan fingerprint density at radius 3 is 2.66 bits per heavy atom. The number of nitrogens with zero attached hydrogens (tertiary/aromatic N) is 4. The lowest BCUT2D eigenvalue weighted by Gasteiger charge is -2.34. The Bertz CT molecular complexity index is 924. The predicted octanol–water partition coefficient (Wildman–Crippen LogP) is 5.00. The van der Waals surface area contributed by atoms with E-state index in [2.05, 4.69) is 17.0 Å². The van der Waals surface area contributed by atoms with Crippen molar-refractivity contribution in [3.05, 3.63) is 18.5 Å². The number of amides is 1. The molecule has 1 aliphatic heterocycles. The molecule has 0 N–H and O–H groups in total. The van der Waals surface area contributed by atoms with Crippen LogP contribution in [0, 0.1) is 5.92 Å². The first-order valence-corrected chi connectivity index (χ1v) is 11.8. The molecule has 176 valence electrons. The highest BCUT2D eigenvalue weighted by Gasteiger charge is 2.32. The summed E-state index contributed by atoms with van der Waals surface area (Å²) in [5.74, 6) is 0.843. The molecule has 32 heavy (non-hydrogen) atoms. The zero-order valence-corrected chi connectivity index (χ0v) is 19.8. The SMILES string of the molecule is CC(C)(C)OC(=O)N(CC1CCOCC1)c1cc(OC2(C)CCCCC2)nn2ccnc12. The van der Waals surface area contributed by atoms with Gasteiger partial charge in [0, 0.05) is 38.2 Å². The van der Waals surface area contributed by atoms with Crippen molar-refractivity contribution in [3.63, 3.8) is 0 Å². The molecular weight excluding hydrogens is 408 g/mol. The quantitative estimate of drug-likeness (QED) is 0.646. The average Bonchev–Trinajstić information content (AvgIpc) is 3.20. The molecule has 0 bridgehead atoms. The molecule has 0 radical (unpaired) electrons. The van der Waals surface area contributed by atoms with Gasteiger partial charge in [0.05, 0.1) is 5.69 Å². The Hall–Kier alpha value is -2.35. The van der Waals surface area contributed by atoms with Gasteiger partial charge in [0.15, 0.2) is 5.65 Å². The summed E-state index contributed by atoms with van der Waals surface area (Å²) < 4.78 is 19.4. The van der Waals surface area contributed by atoms with Gasteiger partial charge in [-0.3, -0.25) is 4.90 Å². The van der Waals surface area contributed by atoms with Crippen LogP contribution in [-0.2, 0) is 9.47 Å². The molecule has 3 heterocycles. The van der Waals surface area contributed by atoms with Gasteiger partial charge in [0.25, 0.3) is 0 Å². The van der Waals surface area contributed by atoms with Gasteiger partial charge in [-0.25, -0.2) is 14.3 Å². The highest BCUT2D eigenvalue weighted by atomic mass is 16.6. The molecule has 4 rings (SSSR count). The molecular formula is C24H36N4O4. The fourth-order valence-corrected chi connectivity index (χ4v) is 4.56. The Morgan fingerprint density at radius 2 is 1.97 bits per heavy atom. The van der Waals surface area contributed by atoms with Gasteiger partial charge in [-0.2, -0.15) is 0 Å². The van der Waals surface area contributed by atoms with E-state index in [0.29, 0.717) is 42.9 Å². The van der Waals surface area contributed by atoms with Crippen molar-refractivity contribution in [2.45, 2.75) is 83.8 Å². The lowest BCUT2D eigenvalue weighted by Crippen LogP contribution is -2.41. The van der Waals surface area contributed by atoms with Crippen molar-refractivity contribution < 1.29 is 19.0 Å². The van der Waals surface area contributed by atoms with Crippen LogP contribution < -0.4 is 9.64 Å². The van der Waals surface area contributed by atoms with Gasteiger partial charge < -0.3 is 14.2 Å². The van der Waals surface area contributed by atoms with Crippen LogP contribution in [0.3, 0.4) is 0 Å². The van der Waals surface area contributed by atoms with Crippen molar-refractivity contribution in [1.29, 1.82) is 0 Å². The molecule has 0 spiro atoms. The minimum absolute atomic E-state index is 0.242. The third-order valence-corrected chi connectivity index (χ3v) is 6.27. The molecule has 0 aromatic carbocycles. The summed E-state index contributed by atoms with van der Waals surface area (Å²) in [7, 11) is 0. The number of hydrogen-bond donors (Lipinski definition) is 0. The fourth-order valence-electron chi connectivity index (χ4n) is 4.56. The number of carbonyl (C=O) groups is 1. The first-order valence-electron chi connectivity index (χ1n) is 11.8. The highest BCUT2D eigenvalue weighted by molar-refractivity contribution is 5.92. The second-order valence-corrected chi connectivity index (χ2v) is 10.3. The van der Waals surface area contributed by atoms with Gasteiger partial charge in [-0.15, -0.1) is 5.10 Å². The Morgan fingerprint density at radius 1 is 1.25 bits per heavy atom. The third kappa shape index (κ3) is 5.52. The predicted molar refractivity (Wildman–Crippen MR) is 122 cm³/mol. The monoisotopic (exact) mass is 444 g/mol. The van der Waals surface area contributed by atoms with Gasteiger partial charge in [-0.1, -0.05) is 6.42 Å². The van der Waals surface area contributed by atoms with Gasteiger partial charge in [0.1, 0.15) is 11.2 Å². The lowest BCUT2D eigenvalue weighted by molar-refractivity contribution is 0.0428. The average molecular weight is 445 g/mol. The van der Waals surface area contributed by atoms with Crippen LogP contribution in [0.25, 0.3) is 5.65 Å². The molecule has 8 heteroatoms. The van der Waals surface area contributed by atoms with Crippen LogP contribution in [0.15, 0.2) is 18.5 Å². The molecule has 2 fully saturated rings. The maximum absolute atomic E-state index is 13.3. The minimum atomic E-state index is -0.599. The van der Waals surface area contributed by atoms with Gasteiger partial charge in [-0.05, 0) is 72.1 Å². The molecule has 0 atom stereocenters. The number of fused-ring (bicyclic) bond motifs is 1. The van der Waals surface area contributed by atoms with Gasteiger partial charge >= 0.3 is 6.09 Å². The summed E-state index contributed by atoms with van der Waals surface area (Å²) in [6.45, 7) is 9.78. The van der Waals surface area contributed by atoms with E-state index in [-0.39, 0.29) is 11.7 Å². The number of rotatable bonds is 5. The van der Waals surface area contributed by atoms with Crippen molar-refractivity contribution in [1.82, 2.24) is 14.6 Å². The van der Waals surface area contributed by atoms with Crippen LogP contribution in [0.2, 0.25) is 0 Å². The number of imidazole rings is 1. The summed E-state index contributed by atoms with van der Waals surface area (Å²) >= 11 is 0. The normalized spacial score (nSPS) is 19.6. The number of ether oxygens (including phenoxy) is 3. The first kappa shape index (κ1) is 22.8. The first-order chi connectivity index (χ1) is 15.2. The fraction of sp³-hybridized carbons (Fsp3) is 0.708. The van der Waals surface area contributed by atoms with Crippen LogP contribution in [0.4, 0.5) is 10.5 Å². The zero-order valence-electron chi connectivity index (χ0n) is 19.8. The molecule has 1 saturated carbocycles. The topological polar surface area (TPSA) is 78.2 Å². The van der Waals surface area contributed by atoms with E-state index in [1.54, 1.807) is 21.8 Å². The van der Waals surface area contributed by atoms with E-state index in [9.17, 15) is 4.79 Å². The zero-order chi connectivity index (χ0) is 22.8. The van der Waals surface area contributed by atoms with E-state index < -0.39 is 5.60 Å². The summed E-state index contributed by atoms with van der Waals surface area (Å²) in [6, 6.07) is 1.85. The number of hydrogen-bond acceptors (Lipinski definition) is 6. The summed E-state index contributed by atoms with van der Waals surface area (Å²) in [5, 5.41) is 4.63. The molecule has 2 aromatic heterocycles. The van der Waals surface area contributed by atoms with E-state index in [1.807, 2.05) is 26.8 Å². The smallest absolute Gasteiger partial charge is 0.414 e. The third-order valence-electron chi connectivity index (χ3n) is 6.27. The van der Waals surface area contributed by atoms with E-state index in [4.69, 9.17) is 14.2 Å². The Balaban J connectivity index is 1.69. The number of anilines is 1. The summed E-state index contributed by atoms with van der Waals surface area (Å²) in [6.07, 6.45) is 10.5. The molecule has 1 saturated heterocycles. The second-order valence-electron chi connectivity index (χ2n) is 10.3. The van der Waals surface area contributed by atoms with Crippen LogP contribution in [-0.4, -0.2) is 51.7 Å². The minimum Gasteiger partial charge on any atom is -0.470 e. The molecule has 1 amide bonds. The second kappa shape index (κ2) is 9.25. The highest BCUT2D eigenvalue weighted by Crippen LogP contribution is 2.34. The van der Waals surface area contributed by atoms with Crippen molar-refractivity contribution in [2.24, 2.45) is 5.92 Å². The largest absolute Gasteiger partial charge is 0.470 e. The van der Waals surface area contributed by atoms with Crippen LogP contribution >= 0.6 is 0 Å². The van der Waals surface area contributed by atoms with E-state index >= 15 is 0 Å². The maximum Gasteiger partial charge on any atom is 0.414 e. The van der Waals surface area contributed by atoms with Crippen molar-refractivity contribution in [2.75, 3.05) is 24.7 Å². The standard InChI is InChI=1S/C24H36N4O4/c1-23(2,3)32-22(29)27(17-18-8-14-30-15-9-18)19-16-20(26-28-13-12-25-21(19)28)31-24(4)10-6-5-7-11-24/h12-13,16,18H,5-11,14-15,17H2,1-4H3. The summed E-state index contributed by atoms with van der Waals surface area (Å²) in [5.41, 5.74) is 0.441. The number of carbonyl (C=O) groups excluding carboxylic acids is 1. The van der Waals surface area contributed by atoms with Gasteiger partial charge in [0.2, 0.25) is 5.88 Å². The molecule has 0 unspecified atom stereocenters. The van der Waals surface area contributed by atoms with E-state index in [1.165, 1.54) is 6.42 Å². The lowest BCUT2D eigenvalue weighted by atomic mass is 9.86. The number of aromatic nitrogens is 3. The van der Waals surface area contributed by atoms with Crippen LogP contribution in [0.1, 0.15) is 72.6 Å². The Kier molecular flexibility index (Phi) is 6.60. The molecule has 1 aliphatic carbocycles. The molecule has 2 aromatic rings.